The van der Waals surface area contributed by atoms with Crippen LogP contribution < -0.4 is 5.73 Å². The molecule has 4 aliphatic rings. The number of nitrogens with one attached hydrogen (secondary N) is 1. The van der Waals surface area contributed by atoms with Crippen LogP contribution in [0.5, 0.6) is 0 Å². The zero-order chi connectivity index (χ0) is 20.2. The first-order chi connectivity index (χ1) is 14.7. The summed E-state index contributed by atoms with van der Waals surface area (Å²) >= 11 is 0. The monoisotopic (exact) mass is 404 g/mol. The van der Waals surface area contributed by atoms with E-state index in [1.165, 1.54) is 5.57 Å². The van der Waals surface area contributed by atoms with E-state index in [1.807, 2.05) is 12.3 Å². The Hall–Kier alpha value is -3.69. The van der Waals surface area contributed by atoms with Gasteiger partial charge in [-0.3, -0.25) is 4.79 Å². The number of likely N-dealkylation sites (tertiary alicyclic amines) is 1. The van der Waals surface area contributed by atoms with Gasteiger partial charge in [0.2, 0.25) is 11.6 Å². The van der Waals surface area contributed by atoms with E-state index in [-0.39, 0.29) is 11.9 Å². The molecule has 1 atom stereocenters. The zero-order valence-electron chi connectivity index (χ0n) is 16.2. The van der Waals surface area contributed by atoms with Crippen molar-refractivity contribution in [1.29, 1.82) is 0 Å². The molecule has 10 heteroatoms. The number of amides is 1. The first-order valence-corrected chi connectivity index (χ1v) is 10.0. The van der Waals surface area contributed by atoms with Crippen LogP contribution in [0, 0.1) is 0 Å². The van der Waals surface area contributed by atoms with Crippen molar-refractivity contribution in [2.75, 3.05) is 19.7 Å². The molecule has 30 heavy (non-hydrogen) atoms. The number of amidine groups is 1. The van der Waals surface area contributed by atoms with Gasteiger partial charge < -0.3 is 20.3 Å². The number of hydrogen-bond donors (Lipinski definition) is 2. The number of carbonyl (C=O) groups excluding carboxylic acids is 1. The fourth-order valence-electron chi connectivity index (χ4n) is 4.81. The van der Waals surface area contributed by atoms with Gasteiger partial charge in [0.25, 0.3) is 0 Å². The minimum Gasteiger partial charge on any atom is -0.495 e. The number of pyridine rings is 1. The highest BCUT2D eigenvalue weighted by Crippen LogP contribution is 2.41. The number of rotatable bonds is 3. The summed E-state index contributed by atoms with van der Waals surface area (Å²) in [6.45, 7) is 2.09. The van der Waals surface area contributed by atoms with Crippen LogP contribution in [0.25, 0.3) is 11.2 Å². The molecular weight excluding hydrogens is 384 g/mol. The lowest BCUT2D eigenvalue weighted by molar-refractivity contribution is -0.121. The second-order valence-corrected chi connectivity index (χ2v) is 7.77. The van der Waals surface area contributed by atoms with Gasteiger partial charge in [0.1, 0.15) is 30.3 Å². The second kappa shape index (κ2) is 6.41. The van der Waals surface area contributed by atoms with Gasteiger partial charge in [0.15, 0.2) is 0 Å². The largest absolute Gasteiger partial charge is 0.495 e. The Kier molecular flexibility index (Phi) is 3.67. The third kappa shape index (κ3) is 2.39. The Morgan fingerprint density at radius 1 is 1.30 bits per heavy atom. The van der Waals surface area contributed by atoms with E-state index in [1.54, 1.807) is 12.5 Å². The average molecular weight is 404 g/mol. The Labute approximate surface area is 171 Å². The summed E-state index contributed by atoms with van der Waals surface area (Å²) in [4.78, 5) is 25.4. The number of nitrogens with zero attached hydrogens (tertiary/aromatic N) is 6. The van der Waals surface area contributed by atoms with Crippen molar-refractivity contribution in [2.45, 2.75) is 25.3 Å². The van der Waals surface area contributed by atoms with Crippen LogP contribution in [0.1, 0.15) is 24.8 Å². The van der Waals surface area contributed by atoms with Gasteiger partial charge in [-0.1, -0.05) is 0 Å². The lowest BCUT2D eigenvalue weighted by Crippen LogP contribution is -2.41. The van der Waals surface area contributed by atoms with E-state index in [9.17, 15) is 4.79 Å². The van der Waals surface area contributed by atoms with Crippen molar-refractivity contribution in [3.8, 4) is 0 Å². The molecule has 1 amide bonds. The minimum absolute atomic E-state index is 0.305. The molecule has 0 bridgehead atoms. The smallest absolute Gasteiger partial charge is 0.240 e. The Morgan fingerprint density at radius 2 is 2.23 bits per heavy atom. The number of nitrogens with two attached hydrogens (primary N) is 1. The van der Waals surface area contributed by atoms with Gasteiger partial charge in [0, 0.05) is 31.1 Å². The van der Waals surface area contributed by atoms with Gasteiger partial charge in [-0.05, 0) is 30.9 Å². The van der Waals surface area contributed by atoms with E-state index in [0.717, 1.165) is 60.7 Å². The minimum atomic E-state index is -0.321. The Morgan fingerprint density at radius 3 is 3.13 bits per heavy atom. The number of carbonyl (C=O) groups is 1. The fraction of sp³-hybridized carbons (Fsp3) is 0.350. The van der Waals surface area contributed by atoms with Crippen molar-refractivity contribution in [2.24, 2.45) is 10.7 Å². The van der Waals surface area contributed by atoms with Crippen molar-refractivity contribution >= 4 is 22.9 Å². The standard InChI is InChI=1S/C20H20N8O2/c21-18(29)14-2-1-6-27(14)15-10-30-9-11-4-7-28-17(11)13(15)8-23-20(28)12-3-5-22-19-16(12)24-26-25-19/h3,5,8,10,14H,1-2,4,6-7,9H2,(H2,21,29)(H,22,24,25,26)/t14-/m0/s1. The molecule has 1 saturated heterocycles. The summed E-state index contributed by atoms with van der Waals surface area (Å²) in [6.07, 6.45) is 7.91. The predicted octanol–water partition coefficient (Wildman–Crippen LogP) is 0.778. The number of primary amides is 1. The van der Waals surface area contributed by atoms with Crippen LogP contribution >= 0.6 is 0 Å². The summed E-state index contributed by atoms with van der Waals surface area (Å²) in [6, 6.07) is 1.59. The molecule has 0 radical (unpaired) electrons. The highest BCUT2D eigenvalue weighted by Gasteiger charge is 2.39. The quantitative estimate of drug-likeness (QED) is 0.774. The third-order valence-electron chi connectivity index (χ3n) is 6.15. The third-order valence-corrected chi connectivity index (χ3v) is 6.15. The highest BCUT2D eigenvalue weighted by atomic mass is 16.5. The average Bonchev–Trinajstić information content (AvgIpc) is 3.48. The molecule has 0 spiro atoms. The first-order valence-electron chi connectivity index (χ1n) is 10.0. The second-order valence-electron chi connectivity index (χ2n) is 7.77. The number of H-pyrrole nitrogens is 1. The molecule has 0 aliphatic carbocycles. The number of fused-ring (bicyclic) bond motifs is 1. The lowest BCUT2D eigenvalue weighted by Gasteiger charge is -2.33. The fourth-order valence-corrected chi connectivity index (χ4v) is 4.81. The van der Waals surface area contributed by atoms with E-state index in [0.29, 0.717) is 17.8 Å². The Bertz CT molecular complexity index is 1190. The predicted molar refractivity (Wildman–Crippen MR) is 108 cm³/mol. The molecule has 0 saturated carbocycles. The lowest BCUT2D eigenvalue weighted by atomic mass is 10.0. The van der Waals surface area contributed by atoms with Crippen LogP contribution in [0.15, 0.2) is 52.3 Å². The molecule has 0 unspecified atom stereocenters. The van der Waals surface area contributed by atoms with E-state index < -0.39 is 0 Å². The molecule has 10 nitrogen and oxygen atoms in total. The molecule has 3 N–H and O–H groups in total. The molecule has 0 aromatic carbocycles. The van der Waals surface area contributed by atoms with Crippen LogP contribution in [0.2, 0.25) is 0 Å². The summed E-state index contributed by atoms with van der Waals surface area (Å²) in [7, 11) is 0. The summed E-state index contributed by atoms with van der Waals surface area (Å²) in [5.74, 6) is 0.514. The van der Waals surface area contributed by atoms with Crippen LogP contribution in [-0.4, -0.2) is 67.7 Å². The van der Waals surface area contributed by atoms with E-state index >= 15 is 0 Å². The molecule has 2 aromatic rings. The van der Waals surface area contributed by atoms with Crippen molar-refractivity contribution in [1.82, 2.24) is 30.2 Å². The summed E-state index contributed by atoms with van der Waals surface area (Å²) in [5.41, 5.74) is 12.0. The van der Waals surface area contributed by atoms with Gasteiger partial charge in [-0.25, -0.2) is 9.98 Å². The maximum absolute atomic E-state index is 12.0. The summed E-state index contributed by atoms with van der Waals surface area (Å²) < 4.78 is 5.90. The van der Waals surface area contributed by atoms with Crippen LogP contribution in [0.3, 0.4) is 0 Å². The molecule has 1 fully saturated rings. The molecule has 152 valence electrons. The molecule has 6 rings (SSSR count). The normalized spacial score (nSPS) is 23.1. The van der Waals surface area contributed by atoms with Gasteiger partial charge in [0.05, 0.1) is 17.0 Å². The SMILES string of the molecule is NC(=O)[C@@H]1CCCN1C1=COCC2=C3C1=CN=C(c1ccnc4n[nH]nc14)N3CC2. The summed E-state index contributed by atoms with van der Waals surface area (Å²) in [5, 5.41) is 11.0. The van der Waals surface area contributed by atoms with E-state index in [4.69, 9.17) is 15.5 Å². The number of aliphatic imine (C=N–C) groups is 1. The maximum Gasteiger partial charge on any atom is 0.240 e. The van der Waals surface area contributed by atoms with Crippen molar-refractivity contribution in [3.05, 3.63) is 52.8 Å². The van der Waals surface area contributed by atoms with E-state index in [2.05, 4.69) is 30.2 Å². The zero-order valence-corrected chi connectivity index (χ0v) is 16.2. The molecule has 2 aromatic heterocycles. The number of ether oxygens (including phenoxy) is 1. The van der Waals surface area contributed by atoms with Crippen molar-refractivity contribution < 1.29 is 9.53 Å². The van der Waals surface area contributed by atoms with Crippen molar-refractivity contribution in [3.63, 3.8) is 0 Å². The maximum atomic E-state index is 12.0. The number of aromatic nitrogens is 4. The molecule has 4 aliphatic heterocycles. The topological polar surface area (TPSA) is 126 Å². The number of aromatic amines is 1. The van der Waals surface area contributed by atoms with Gasteiger partial charge in [-0.15, -0.1) is 5.10 Å². The van der Waals surface area contributed by atoms with Crippen LogP contribution in [0.4, 0.5) is 0 Å². The Balaban J connectivity index is 1.48. The number of hydrogen-bond acceptors (Lipinski definition) is 8. The first kappa shape index (κ1) is 17.2. The molecular formula is C20H20N8O2. The molecule has 6 heterocycles. The van der Waals surface area contributed by atoms with Gasteiger partial charge >= 0.3 is 0 Å². The highest BCUT2D eigenvalue weighted by molar-refractivity contribution is 6.09. The van der Waals surface area contributed by atoms with Crippen LogP contribution in [-0.2, 0) is 9.53 Å². The van der Waals surface area contributed by atoms with Gasteiger partial charge in [-0.2, -0.15) is 10.3 Å².